The largest absolute Gasteiger partial charge is 0.423 e. The van der Waals surface area contributed by atoms with Gasteiger partial charge in [-0.2, -0.15) is 4.98 Å². The summed E-state index contributed by atoms with van der Waals surface area (Å²) in [5.74, 6) is 2.08. The number of aryl methyl sites for hydroxylation is 1. The van der Waals surface area contributed by atoms with Crippen LogP contribution in [0.25, 0.3) is 0 Å². The topological polar surface area (TPSA) is 80.4 Å². The molecule has 0 bridgehead atoms. The van der Waals surface area contributed by atoms with E-state index in [9.17, 15) is 0 Å². The first-order valence-electron chi connectivity index (χ1n) is 8.13. The highest BCUT2D eigenvalue weighted by molar-refractivity contribution is 6.28. The lowest BCUT2D eigenvalue weighted by Crippen LogP contribution is -2.56. The minimum absolute atomic E-state index is 0.0783. The van der Waals surface area contributed by atoms with Crippen molar-refractivity contribution in [2.45, 2.75) is 32.4 Å². The van der Waals surface area contributed by atoms with Gasteiger partial charge < -0.3 is 19.0 Å². The molecule has 2 aromatic rings. The first-order chi connectivity index (χ1) is 11.7. The number of nitrogens with zero attached hydrogens (tertiary/aromatic N) is 6. The number of aromatic nitrogens is 4. The predicted molar refractivity (Wildman–Crippen MR) is 88.4 cm³/mol. The molecule has 128 valence electrons. The Labute approximate surface area is 144 Å². The van der Waals surface area contributed by atoms with Gasteiger partial charge in [0.25, 0.3) is 0 Å². The molecule has 4 rings (SSSR count). The van der Waals surface area contributed by atoms with E-state index in [2.05, 4.69) is 30.0 Å². The van der Waals surface area contributed by atoms with Crippen LogP contribution in [-0.4, -0.2) is 52.5 Å². The van der Waals surface area contributed by atoms with Crippen LogP contribution in [0.15, 0.2) is 10.6 Å². The lowest BCUT2D eigenvalue weighted by Gasteiger charge is -2.46. The summed E-state index contributed by atoms with van der Waals surface area (Å²) in [6.07, 6.45) is 2.49. The molecule has 0 amide bonds. The first kappa shape index (κ1) is 15.6. The Morgan fingerprint density at radius 2 is 2.29 bits per heavy atom. The molecule has 2 atom stereocenters. The van der Waals surface area contributed by atoms with Crippen molar-refractivity contribution in [3.8, 4) is 0 Å². The lowest BCUT2D eigenvalue weighted by atomic mass is 10.1. The van der Waals surface area contributed by atoms with Gasteiger partial charge in [0.15, 0.2) is 5.82 Å². The maximum Gasteiger partial charge on any atom is 0.238 e. The van der Waals surface area contributed by atoms with Gasteiger partial charge in [-0.3, -0.25) is 0 Å². The molecule has 1 saturated heterocycles. The van der Waals surface area contributed by atoms with E-state index >= 15 is 0 Å². The van der Waals surface area contributed by atoms with Gasteiger partial charge in [0.05, 0.1) is 31.1 Å². The molecule has 24 heavy (non-hydrogen) atoms. The molecule has 2 aromatic heterocycles. The molecule has 4 heterocycles. The van der Waals surface area contributed by atoms with Gasteiger partial charge >= 0.3 is 0 Å². The highest BCUT2D eigenvalue weighted by atomic mass is 35.5. The molecule has 2 aliphatic heterocycles. The van der Waals surface area contributed by atoms with Gasteiger partial charge in [0.1, 0.15) is 6.04 Å². The zero-order chi connectivity index (χ0) is 16.7. The van der Waals surface area contributed by atoms with Crippen LogP contribution in [-0.2, 0) is 11.2 Å². The van der Waals surface area contributed by atoms with Crippen molar-refractivity contribution in [2.24, 2.45) is 0 Å². The van der Waals surface area contributed by atoms with Crippen LogP contribution >= 0.6 is 11.6 Å². The Bertz CT molecular complexity index is 739. The molecule has 0 spiro atoms. The van der Waals surface area contributed by atoms with Gasteiger partial charge in [-0.15, -0.1) is 10.2 Å². The maximum absolute atomic E-state index is 6.03. The third-order valence-electron chi connectivity index (χ3n) is 4.55. The molecule has 2 aliphatic rings. The number of halogens is 1. The quantitative estimate of drug-likeness (QED) is 0.776. The van der Waals surface area contributed by atoms with Crippen LogP contribution in [0, 0.1) is 0 Å². The van der Waals surface area contributed by atoms with Gasteiger partial charge in [0, 0.05) is 19.5 Å². The number of hydrogen-bond donors (Lipinski definition) is 0. The average Bonchev–Trinajstić information content (AvgIpc) is 3.09. The summed E-state index contributed by atoms with van der Waals surface area (Å²) in [7, 11) is 0. The summed E-state index contributed by atoms with van der Waals surface area (Å²) in [6, 6.07) is 0.138. The van der Waals surface area contributed by atoms with Crippen molar-refractivity contribution in [3.63, 3.8) is 0 Å². The van der Waals surface area contributed by atoms with Crippen LogP contribution in [0.2, 0.25) is 5.28 Å². The fourth-order valence-corrected chi connectivity index (χ4v) is 3.38. The predicted octanol–water partition coefficient (Wildman–Crippen LogP) is 1.86. The van der Waals surface area contributed by atoms with Crippen LogP contribution < -0.4 is 9.80 Å². The standard InChI is InChI=1S/C15H19ClN6O2/c1-3-12-19-20-14(24-12)9(2)22-7-10-8-23-5-4-21(10)13-11(22)6-17-15(16)18-13/h6,9-10H,3-5,7-8H2,1-2H3/t9?,10-/m1/s1. The van der Waals surface area contributed by atoms with E-state index in [1.165, 1.54) is 0 Å². The highest BCUT2D eigenvalue weighted by Crippen LogP contribution is 2.39. The Balaban J connectivity index is 1.72. The number of hydrogen-bond acceptors (Lipinski definition) is 8. The van der Waals surface area contributed by atoms with E-state index in [1.54, 1.807) is 6.20 Å². The van der Waals surface area contributed by atoms with E-state index in [0.717, 1.165) is 31.0 Å². The zero-order valence-corrected chi connectivity index (χ0v) is 14.4. The second-order valence-electron chi connectivity index (χ2n) is 5.99. The zero-order valence-electron chi connectivity index (χ0n) is 13.6. The van der Waals surface area contributed by atoms with Gasteiger partial charge in [-0.25, -0.2) is 4.98 Å². The normalized spacial score (nSPS) is 21.4. The number of ether oxygens (including phenoxy) is 1. The van der Waals surface area contributed by atoms with E-state index in [1.807, 2.05) is 13.8 Å². The smallest absolute Gasteiger partial charge is 0.238 e. The molecule has 1 unspecified atom stereocenters. The fraction of sp³-hybridized carbons (Fsp3) is 0.600. The lowest BCUT2D eigenvalue weighted by molar-refractivity contribution is 0.0928. The summed E-state index contributed by atoms with van der Waals surface area (Å²) in [5.41, 5.74) is 0.932. The molecule has 0 saturated carbocycles. The molecular weight excluding hydrogens is 332 g/mol. The van der Waals surface area contributed by atoms with E-state index in [-0.39, 0.29) is 17.4 Å². The van der Waals surface area contributed by atoms with E-state index in [4.69, 9.17) is 20.8 Å². The second-order valence-corrected chi connectivity index (χ2v) is 6.32. The molecule has 0 N–H and O–H groups in total. The SMILES string of the molecule is CCc1nnc(C(C)N2C[C@@H]3COCCN3c3nc(Cl)ncc32)o1. The minimum Gasteiger partial charge on any atom is -0.423 e. The Kier molecular flexibility index (Phi) is 4.01. The average molecular weight is 351 g/mol. The molecule has 0 aliphatic carbocycles. The van der Waals surface area contributed by atoms with E-state index in [0.29, 0.717) is 25.0 Å². The third-order valence-corrected chi connectivity index (χ3v) is 4.73. The van der Waals surface area contributed by atoms with Gasteiger partial charge in [-0.1, -0.05) is 6.92 Å². The highest BCUT2D eigenvalue weighted by Gasteiger charge is 2.37. The number of morpholine rings is 1. The van der Waals surface area contributed by atoms with Crippen LogP contribution in [0.4, 0.5) is 11.5 Å². The molecule has 9 heteroatoms. The Hall–Kier alpha value is -1.93. The van der Waals surface area contributed by atoms with Crippen molar-refractivity contribution < 1.29 is 9.15 Å². The summed E-state index contributed by atoms with van der Waals surface area (Å²) in [4.78, 5) is 13.1. The van der Waals surface area contributed by atoms with Crippen molar-refractivity contribution in [1.29, 1.82) is 0 Å². The Morgan fingerprint density at radius 3 is 3.08 bits per heavy atom. The molecule has 1 fully saturated rings. The third kappa shape index (κ3) is 2.59. The van der Waals surface area contributed by atoms with Crippen molar-refractivity contribution in [1.82, 2.24) is 20.2 Å². The Morgan fingerprint density at radius 1 is 1.42 bits per heavy atom. The van der Waals surface area contributed by atoms with Crippen LogP contribution in [0.5, 0.6) is 0 Å². The number of rotatable bonds is 3. The number of anilines is 2. The fourth-order valence-electron chi connectivity index (χ4n) is 3.25. The summed E-state index contributed by atoms with van der Waals surface area (Å²) >= 11 is 6.03. The number of fused-ring (bicyclic) bond motifs is 3. The second kappa shape index (κ2) is 6.18. The molecule has 0 aromatic carbocycles. The van der Waals surface area contributed by atoms with Crippen molar-refractivity contribution in [2.75, 3.05) is 36.1 Å². The maximum atomic E-state index is 6.03. The molecule has 0 radical (unpaired) electrons. The van der Waals surface area contributed by atoms with Crippen LogP contribution in [0.1, 0.15) is 31.7 Å². The van der Waals surface area contributed by atoms with Crippen molar-refractivity contribution in [3.05, 3.63) is 23.3 Å². The molecular formula is C15H19ClN6O2. The summed E-state index contributed by atoms with van der Waals surface area (Å²) in [5, 5.41) is 8.51. The summed E-state index contributed by atoms with van der Waals surface area (Å²) in [6.45, 7) is 6.97. The monoisotopic (exact) mass is 350 g/mol. The van der Waals surface area contributed by atoms with Gasteiger partial charge in [-0.05, 0) is 18.5 Å². The van der Waals surface area contributed by atoms with Gasteiger partial charge in [0.2, 0.25) is 17.1 Å². The minimum atomic E-state index is -0.0783. The summed E-state index contributed by atoms with van der Waals surface area (Å²) < 4.78 is 11.4. The molecule has 8 nitrogen and oxygen atoms in total. The first-order valence-corrected chi connectivity index (χ1v) is 8.51. The van der Waals surface area contributed by atoms with Crippen molar-refractivity contribution >= 4 is 23.1 Å². The van der Waals surface area contributed by atoms with E-state index < -0.39 is 0 Å². The van der Waals surface area contributed by atoms with Crippen LogP contribution in [0.3, 0.4) is 0 Å².